The van der Waals surface area contributed by atoms with Crippen LogP contribution in [0.15, 0.2) is 0 Å². The standard InChI is InChI=1S/C11H20BrNO2/c1-3-13(6-4-5-12)11(14)10-7-9(2)15-8-10/h9-10H,3-8H2,1-2H3. The number of alkyl halides is 1. The average Bonchev–Trinajstić information content (AvgIpc) is 2.65. The lowest BCUT2D eigenvalue weighted by molar-refractivity contribution is -0.135. The van der Waals surface area contributed by atoms with Gasteiger partial charge in [-0.3, -0.25) is 4.79 Å². The third-order valence-corrected chi connectivity index (χ3v) is 3.36. The van der Waals surface area contributed by atoms with Gasteiger partial charge in [0.2, 0.25) is 5.91 Å². The summed E-state index contributed by atoms with van der Waals surface area (Å²) in [7, 11) is 0. The van der Waals surface area contributed by atoms with Gasteiger partial charge in [-0.15, -0.1) is 0 Å². The summed E-state index contributed by atoms with van der Waals surface area (Å²) in [6.07, 6.45) is 2.14. The van der Waals surface area contributed by atoms with Gasteiger partial charge in [-0.05, 0) is 26.7 Å². The Balaban J connectivity index is 2.42. The van der Waals surface area contributed by atoms with E-state index in [1.807, 2.05) is 18.7 Å². The van der Waals surface area contributed by atoms with Gasteiger partial charge in [0.15, 0.2) is 0 Å². The van der Waals surface area contributed by atoms with Gasteiger partial charge in [-0.1, -0.05) is 15.9 Å². The lowest BCUT2D eigenvalue weighted by atomic mass is 10.0. The number of amides is 1. The summed E-state index contributed by atoms with van der Waals surface area (Å²) < 4.78 is 5.43. The quantitative estimate of drug-likeness (QED) is 0.720. The molecule has 1 rings (SSSR count). The van der Waals surface area contributed by atoms with Crippen molar-refractivity contribution in [3.05, 3.63) is 0 Å². The van der Waals surface area contributed by atoms with Crippen molar-refractivity contribution in [3.63, 3.8) is 0 Å². The Morgan fingerprint density at radius 3 is 2.80 bits per heavy atom. The first-order valence-corrected chi connectivity index (χ1v) is 6.77. The molecule has 0 N–H and O–H groups in total. The van der Waals surface area contributed by atoms with Crippen molar-refractivity contribution in [2.75, 3.05) is 25.0 Å². The van der Waals surface area contributed by atoms with Crippen LogP contribution in [0.4, 0.5) is 0 Å². The van der Waals surface area contributed by atoms with E-state index in [-0.39, 0.29) is 17.9 Å². The van der Waals surface area contributed by atoms with Gasteiger partial charge in [-0.25, -0.2) is 0 Å². The lowest BCUT2D eigenvalue weighted by Crippen LogP contribution is -2.37. The molecule has 0 aromatic heterocycles. The minimum Gasteiger partial charge on any atom is -0.378 e. The van der Waals surface area contributed by atoms with Crippen molar-refractivity contribution in [2.24, 2.45) is 5.92 Å². The summed E-state index contributed by atoms with van der Waals surface area (Å²) in [5.41, 5.74) is 0. The molecule has 2 unspecified atom stereocenters. The Kier molecular flexibility index (Phi) is 5.61. The van der Waals surface area contributed by atoms with Crippen LogP contribution >= 0.6 is 15.9 Å². The zero-order valence-corrected chi connectivity index (χ0v) is 11.1. The molecule has 0 aliphatic carbocycles. The molecule has 1 aliphatic heterocycles. The summed E-state index contributed by atoms with van der Waals surface area (Å²) in [6, 6.07) is 0. The van der Waals surface area contributed by atoms with Crippen LogP contribution in [0.2, 0.25) is 0 Å². The van der Waals surface area contributed by atoms with Crippen LogP contribution in [0.5, 0.6) is 0 Å². The van der Waals surface area contributed by atoms with Crippen LogP contribution < -0.4 is 0 Å². The van der Waals surface area contributed by atoms with Crippen LogP contribution in [-0.2, 0) is 9.53 Å². The van der Waals surface area contributed by atoms with Gasteiger partial charge < -0.3 is 9.64 Å². The van der Waals surface area contributed by atoms with E-state index in [1.54, 1.807) is 0 Å². The second-order valence-corrected chi connectivity index (χ2v) is 4.83. The van der Waals surface area contributed by atoms with Crippen molar-refractivity contribution < 1.29 is 9.53 Å². The Morgan fingerprint density at radius 2 is 2.33 bits per heavy atom. The number of ether oxygens (including phenoxy) is 1. The van der Waals surface area contributed by atoms with E-state index in [1.165, 1.54) is 0 Å². The Labute approximate surface area is 100 Å². The number of carbonyl (C=O) groups is 1. The number of carbonyl (C=O) groups excluding carboxylic acids is 1. The van der Waals surface area contributed by atoms with E-state index < -0.39 is 0 Å². The number of hydrogen-bond acceptors (Lipinski definition) is 2. The van der Waals surface area contributed by atoms with Crippen LogP contribution in [0, 0.1) is 5.92 Å². The maximum Gasteiger partial charge on any atom is 0.228 e. The monoisotopic (exact) mass is 277 g/mol. The molecule has 0 bridgehead atoms. The number of nitrogens with zero attached hydrogens (tertiary/aromatic N) is 1. The molecule has 15 heavy (non-hydrogen) atoms. The topological polar surface area (TPSA) is 29.5 Å². The summed E-state index contributed by atoms with van der Waals surface area (Å²) in [6.45, 7) is 6.32. The molecule has 0 aromatic rings. The fraction of sp³-hybridized carbons (Fsp3) is 0.909. The van der Waals surface area contributed by atoms with Crippen molar-refractivity contribution in [2.45, 2.75) is 32.8 Å². The van der Waals surface area contributed by atoms with Crippen LogP contribution in [0.1, 0.15) is 26.7 Å². The molecule has 3 nitrogen and oxygen atoms in total. The Hall–Kier alpha value is -0.0900. The molecule has 1 amide bonds. The Morgan fingerprint density at radius 1 is 1.60 bits per heavy atom. The molecule has 4 heteroatoms. The highest BCUT2D eigenvalue weighted by atomic mass is 79.9. The smallest absolute Gasteiger partial charge is 0.228 e. The van der Waals surface area contributed by atoms with E-state index in [9.17, 15) is 4.79 Å². The van der Waals surface area contributed by atoms with Crippen molar-refractivity contribution in [3.8, 4) is 0 Å². The molecule has 1 aliphatic rings. The molecule has 0 aromatic carbocycles. The van der Waals surface area contributed by atoms with E-state index >= 15 is 0 Å². The molecule has 1 fully saturated rings. The summed E-state index contributed by atoms with van der Waals surface area (Å²) in [5, 5.41) is 0.953. The maximum atomic E-state index is 12.1. The highest BCUT2D eigenvalue weighted by Crippen LogP contribution is 2.21. The van der Waals surface area contributed by atoms with Gasteiger partial charge in [-0.2, -0.15) is 0 Å². The van der Waals surface area contributed by atoms with E-state index in [0.29, 0.717) is 6.61 Å². The normalized spacial score (nSPS) is 25.5. The highest BCUT2D eigenvalue weighted by Gasteiger charge is 2.30. The van der Waals surface area contributed by atoms with Gasteiger partial charge in [0.1, 0.15) is 0 Å². The number of hydrogen-bond donors (Lipinski definition) is 0. The first-order valence-electron chi connectivity index (χ1n) is 5.65. The van der Waals surface area contributed by atoms with Crippen LogP contribution in [0.3, 0.4) is 0 Å². The van der Waals surface area contributed by atoms with Crippen molar-refractivity contribution in [1.82, 2.24) is 4.90 Å². The summed E-state index contributed by atoms with van der Waals surface area (Å²) in [5.74, 6) is 0.359. The Bertz CT molecular complexity index is 211. The largest absolute Gasteiger partial charge is 0.378 e. The van der Waals surface area contributed by atoms with Gasteiger partial charge in [0.25, 0.3) is 0 Å². The van der Waals surface area contributed by atoms with Gasteiger partial charge in [0.05, 0.1) is 18.6 Å². The third kappa shape index (κ3) is 3.76. The fourth-order valence-corrected chi connectivity index (χ4v) is 2.17. The molecule has 88 valence electrons. The van der Waals surface area contributed by atoms with Gasteiger partial charge in [0, 0.05) is 18.4 Å². The van der Waals surface area contributed by atoms with Crippen molar-refractivity contribution >= 4 is 21.8 Å². The second kappa shape index (κ2) is 6.48. The fourth-order valence-electron chi connectivity index (χ4n) is 1.92. The van der Waals surface area contributed by atoms with E-state index in [0.717, 1.165) is 31.3 Å². The first kappa shape index (κ1) is 13.0. The third-order valence-electron chi connectivity index (χ3n) is 2.80. The zero-order chi connectivity index (χ0) is 11.3. The lowest BCUT2D eigenvalue weighted by Gasteiger charge is -2.23. The minimum absolute atomic E-state index is 0.0928. The maximum absolute atomic E-state index is 12.1. The molecule has 0 spiro atoms. The second-order valence-electron chi connectivity index (χ2n) is 4.04. The molecule has 1 saturated heterocycles. The summed E-state index contributed by atoms with van der Waals surface area (Å²) >= 11 is 3.39. The zero-order valence-electron chi connectivity index (χ0n) is 9.54. The molecule has 2 atom stereocenters. The predicted molar refractivity (Wildman–Crippen MR) is 64.2 cm³/mol. The SMILES string of the molecule is CCN(CCCBr)C(=O)C1COC(C)C1. The molecular formula is C11H20BrNO2. The molecule has 0 radical (unpaired) electrons. The molecule has 1 heterocycles. The highest BCUT2D eigenvalue weighted by molar-refractivity contribution is 9.09. The average molecular weight is 278 g/mol. The number of halogens is 1. The molecular weight excluding hydrogens is 258 g/mol. The number of rotatable bonds is 5. The van der Waals surface area contributed by atoms with Crippen LogP contribution in [-0.4, -0.2) is 41.9 Å². The van der Waals surface area contributed by atoms with Crippen molar-refractivity contribution in [1.29, 1.82) is 0 Å². The van der Waals surface area contributed by atoms with E-state index in [2.05, 4.69) is 15.9 Å². The van der Waals surface area contributed by atoms with Crippen LogP contribution in [0.25, 0.3) is 0 Å². The van der Waals surface area contributed by atoms with Gasteiger partial charge >= 0.3 is 0 Å². The predicted octanol–water partition coefficient (Wildman–Crippen LogP) is 2.04. The first-order chi connectivity index (χ1) is 7.19. The molecule has 0 saturated carbocycles. The van der Waals surface area contributed by atoms with E-state index in [4.69, 9.17) is 4.74 Å². The summed E-state index contributed by atoms with van der Waals surface area (Å²) in [4.78, 5) is 14.0. The minimum atomic E-state index is 0.0928.